The normalized spacial score (nSPS) is 44.1. The van der Waals surface area contributed by atoms with Gasteiger partial charge < -0.3 is 5.32 Å². The molecule has 1 aliphatic heterocycles. The predicted octanol–water partition coefficient (Wildman–Crippen LogP) is 1.09. The molecule has 1 saturated carbocycles. The highest BCUT2D eigenvalue weighted by Crippen LogP contribution is 2.41. The minimum absolute atomic E-state index is 0.211. The average molecular weight is 251 g/mol. The number of halogens is 1. The SMILES string of the molecule is O=C1NC2(CI)CCC1C2. The molecular formula is C7H10INO. The molecule has 56 valence electrons. The monoisotopic (exact) mass is 251 g/mol. The maximum atomic E-state index is 11.1. The topological polar surface area (TPSA) is 29.1 Å². The Bertz CT molecular complexity index is 182. The minimum atomic E-state index is 0.211. The zero-order chi connectivity index (χ0) is 7.19. The Balaban J connectivity index is 2.22. The summed E-state index contributed by atoms with van der Waals surface area (Å²) in [5.74, 6) is 0.651. The second-order valence-electron chi connectivity index (χ2n) is 3.34. The van der Waals surface area contributed by atoms with Crippen LogP contribution in [-0.4, -0.2) is 15.9 Å². The summed E-state index contributed by atoms with van der Waals surface area (Å²) in [5.41, 5.74) is 0.211. The van der Waals surface area contributed by atoms with Gasteiger partial charge in [0.2, 0.25) is 5.91 Å². The van der Waals surface area contributed by atoms with Crippen molar-refractivity contribution in [2.24, 2.45) is 5.92 Å². The molecule has 2 unspecified atom stereocenters. The first-order valence-corrected chi connectivity index (χ1v) is 5.16. The largest absolute Gasteiger partial charge is 0.350 e. The lowest BCUT2D eigenvalue weighted by molar-refractivity contribution is -0.124. The van der Waals surface area contributed by atoms with E-state index in [0.29, 0.717) is 11.8 Å². The van der Waals surface area contributed by atoms with Gasteiger partial charge in [-0.3, -0.25) is 4.79 Å². The molecule has 2 aliphatic rings. The van der Waals surface area contributed by atoms with Crippen molar-refractivity contribution in [1.29, 1.82) is 0 Å². The molecule has 0 aromatic rings. The van der Waals surface area contributed by atoms with Crippen LogP contribution in [-0.2, 0) is 4.79 Å². The van der Waals surface area contributed by atoms with E-state index in [1.165, 1.54) is 6.42 Å². The summed E-state index contributed by atoms with van der Waals surface area (Å²) in [6, 6.07) is 0. The number of piperidine rings is 1. The first kappa shape index (κ1) is 6.88. The Morgan fingerprint density at radius 3 is 2.90 bits per heavy atom. The first-order valence-electron chi connectivity index (χ1n) is 3.64. The second kappa shape index (κ2) is 2.09. The van der Waals surface area contributed by atoms with Crippen molar-refractivity contribution in [1.82, 2.24) is 5.32 Å². The smallest absolute Gasteiger partial charge is 0.223 e. The van der Waals surface area contributed by atoms with Crippen molar-refractivity contribution in [2.45, 2.75) is 24.8 Å². The lowest BCUT2D eigenvalue weighted by Gasteiger charge is -2.24. The van der Waals surface area contributed by atoms with E-state index in [1.54, 1.807) is 0 Å². The van der Waals surface area contributed by atoms with Crippen molar-refractivity contribution in [3.8, 4) is 0 Å². The van der Waals surface area contributed by atoms with Gasteiger partial charge in [0.05, 0.1) is 0 Å². The molecule has 10 heavy (non-hydrogen) atoms. The molecule has 0 aromatic carbocycles. The van der Waals surface area contributed by atoms with E-state index in [4.69, 9.17) is 0 Å². The van der Waals surface area contributed by atoms with Gasteiger partial charge in [0.15, 0.2) is 0 Å². The lowest BCUT2D eigenvalue weighted by atomic mass is 10.0. The molecule has 2 bridgehead atoms. The standard InChI is InChI=1S/C7H10INO/c8-4-7-2-1-5(3-7)6(10)9-7/h5H,1-4H2,(H,9,10). The first-order chi connectivity index (χ1) is 4.76. The van der Waals surface area contributed by atoms with Gasteiger partial charge in [-0.1, -0.05) is 22.6 Å². The van der Waals surface area contributed by atoms with Crippen molar-refractivity contribution in [3.63, 3.8) is 0 Å². The van der Waals surface area contributed by atoms with Crippen molar-refractivity contribution >= 4 is 28.5 Å². The van der Waals surface area contributed by atoms with Crippen LogP contribution in [0.1, 0.15) is 19.3 Å². The molecule has 3 heteroatoms. The van der Waals surface area contributed by atoms with Crippen LogP contribution in [0.25, 0.3) is 0 Å². The Morgan fingerprint density at radius 2 is 2.60 bits per heavy atom. The van der Waals surface area contributed by atoms with Gasteiger partial charge in [-0.15, -0.1) is 0 Å². The zero-order valence-electron chi connectivity index (χ0n) is 5.69. The molecule has 0 radical (unpaired) electrons. The van der Waals surface area contributed by atoms with E-state index in [-0.39, 0.29) is 5.54 Å². The van der Waals surface area contributed by atoms with Gasteiger partial charge in [0.25, 0.3) is 0 Å². The summed E-state index contributed by atoms with van der Waals surface area (Å²) in [6.45, 7) is 0. The molecule has 1 heterocycles. The Hall–Kier alpha value is 0.200. The second-order valence-corrected chi connectivity index (χ2v) is 4.11. The van der Waals surface area contributed by atoms with Crippen LogP contribution in [0.15, 0.2) is 0 Å². The maximum Gasteiger partial charge on any atom is 0.223 e. The maximum absolute atomic E-state index is 11.1. The van der Waals surface area contributed by atoms with E-state index in [0.717, 1.165) is 17.3 Å². The van der Waals surface area contributed by atoms with Crippen LogP contribution >= 0.6 is 22.6 Å². The summed E-state index contributed by atoms with van der Waals surface area (Å²) in [4.78, 5) is 11.1. The van der Waals surface area contributed by atoms with Gasteiger partial charge in [0.1, 0.15) is 0 Å². The molecule has 1 aliphatic carbocycles. The molecule has 1 saturated heterocycles. The highest BCUT2D eigenvalue weighted by molar-refractivity contribution is 14.1. The molecule has 2 nitrogen and oxygen atoms in total. The third kappa shape index (κ3) is 0.790. The van der Waals surface area contributed by atoms with E-state index >= 15 is 0 Å². The van der Waals surface area contributed by atoms with Crippen LogP contribution in [0.2, 0.25) is 0 Å². The molecule has 0 spiro atoms. The fourth-order valence-corrected chi connectivity index (χ4v) is 2.87. The molecule has 2 atom stereocenters. The fraction of sp³-hybridized carbons (Fsp3) is 0.857. The highest BCUT2D eigenvalue weighted by Gasteiger charge is 2.48. The van der Waals surface area contributed by atoms with Gasteiger partial charge in [-0.2, -0.15) is 0 Å². The average Bonchev–Trinajstić information content (AvgIpc) is 2.45. The number of fused-ring (bicyclic) bond motifs is 2. The van der Waals surface area contributed by atoms with Crippen LogP contribution in [0.5, 0.6) is 0 Å². The van der Waals surface area contributed by atoms with Gasteiger partial charge in [-0.05, 0) is 19.3 Å². The number of amides is 1. The fourth-order valence-electron chi connectivity index (χ4n) is 1.98. The molecule has 0 aromatic heterocycles. The van der Waals surface area contributed by atoms with E-state index in [9.17, 15) is 4.79 Å². The zero-order valence-corrected chi connectivity index (χ0v) is 7.85. The quantitative estimate of drug-likeness (QED) is 0.548. The number of hydrogen-bond acceptors (Lipinski definition) is 1. The van der Waals surface area contributed by atoms with Crippen LogP contribution in [0, 0.1) is 5.92 Å². The third-order valence-corrected chi connectivity index (χ3v) is 4.08. The molecule has 1 N–H and O–H groups in total. The van der Waals surface area contributed by atoms with Gasteiger partial charge in [-0.25, -0.2) is 0 Å². The molecule has 2 rings (SSSR count). The van der Waals surface area contributed by atoms with Gasteiger partial charge in [0, 0.05) is 15.9 Å². The van der Waals surface area contributed by atoms with Gasteiger partial charge >= 0.3 is 0 Å². The predicted molar refractivity (Wildman–Crippen MR) is 47.1 cm³/mol. The van der Waals surface area contributed by atoms with Crippen LogP contribution in [0.3, 0.4) is 0 Å². The van der Waals surface area contributed by atoms with E-state index < -0.39 is 0 Å². The Morgan fingerprint density at radius 1 is 1.80 bits per heavy atom. The number of carbonyl (C=O) groups is 1. The number of alkyl halides is 1. The number of rotatable bonds is 1. The molecule has 2 fully saturated rings. The van der Waals surface area contributed by atoms with Crippen molar-refractivity contribution < 1.29 is 4.79 Å². The molecular weight excluding hydrogens is 241 g/mol. The van der Waals surface area contributed by atoms with Crippen molar-refractivity contribution in [3.05, 3.63) is 0 Å². The van der Waals surface area contributed by atoms with E-state index in [1.807, 2.05) is 0 Å². The van der Waals surface area contributed by atoms with Crippen molar-refractivity contribution in [2.75, 3.05) is 4.43 Å². The summed E-state index contributed by atoms with van der Waals surface area (Å²) in [7, 11) is 0. The lowest BCUT2D eigenvalue weighted by Crippen LogP contribution is -2.44. The van der Waals surface area contributed by atoms with Crippen LogP contribution < -0.4 is 5.32 Å². The summed E-state index contributed by atoms with van der Waals surface area (Å²) in [6.07, 6.45) is 3.41. The Kier molecular flexibility index (Phi) is 1.44. The summed E-state index contributed by atoms with van der Waals surface area (Å²) < 4.78 is 1.08. The number of carbonyl (C=O) groups excluding carboxylic acids is 1. The van der Waals surface area contributed by atoms with E-state index in [2.05, 4.69) is 27.9 Å². The van der Waals surface area contributed by atoms with Crippen LogP contribution in [0.4, 0.5) is 0 Å². The molecule has 1 amide bonds. The third-order valence-electron chi connectivity index (χ3n) is 2.62. The number of hydrogen-bond donors (Lipinski definition) is 1. The minimum Gasteiger partial charge on any atom is -0.350 e. The summed E-state index contributed by atoms with van der Waals surface area (Å²) in [5, 5.41) is 3.07. The number of nitrogens with one attached hydrogen (secondary N) is 1. The highest BCUT2D eigenvalue weighted by atomic mass is 127. The summed E-state index contributed by atoms with van der Waals surface area (Å²) >= 11 is 2.36. The Labute approximate surface area is 73.9 Å².